The molecule has 9 rings (SSSR count). The molecule has 2 bridgehead atoms. The number of hydrogen-bond acceptors (Lipinski definition) is 8. The summed E-state index contributed by atoms with van der Waals surface area (Å²) in [5.74, 6) is 0.219. The molecule has 4 fully saturated rings. The van der Waals surface area contributed by atoms with Crippen molar-refractivity contribution < 1.29 is 28.2 Å². The van der Waals surface area contributed by atoms with Crippen molar-refractivity contribution in [1.82, 2.24) is 4.31 Å². The molecular weight excluding hydrogens is 651 g/mol. The molecule has 9 unspecified atom stereocenters. The van der Waals surface area contributed by atoms with E-state index in [-0.39, 0.29) is 51.9 Å². The first-order chi connectivity index (χ1) is 22.3. The van der Waals surface area contributed by atoms with Crippen molar-refractivity contribution in [2.24, 2.45) is 33.5 Å². The molecular formula is C37H47NO6S3. The summed E-state index contributed by atoms with van der Waals surface area (Å²) in [5, 5.41) is 25.7. The van der Waals surface area contributed by atoms with E-state index >= 15 is 0 Å². The van der Waals surface area contributed by atoms with Crippen LogP contribution in [0.3, 0.4) is 0 Å². The minimum Gasteiger partial charge on any atom is -0.393 e. The number of carbonyl (C=O) groups is 1. The maximum Gasteiger partial charge on any atom is 0.252 e. The quantitative estimate of drug-likeness (QED) is 0.234. The molecule has 9 atom stereocenters. The van der Waals surface area contributed by atoms with Gasteiger partial charge in [0, 0.05) is 46.4 Å². The number of ether oxygens (including phenoxy) is 1. The normalized spacial score (nSPS) is 42.3. The Morgan fingerprint density at radius 1 is 1.04 bits per heavy atom. The van der Waals surface area contributed by atoms with Gasteiger partial charge in [0.1, 0.15) is 4.21 Å². The lowest BCUT2D eigenvalue weighted by Gasteiger charge is -2.71. The minimum absolute atomic E-state index is 0.00899. The van der Waals surface area contributed by atoms with E-state index in [2.05, 4.69) is 32.1 Å². The highest BCUT2D eigenvalue weighted by Crippen LogP contribution is 2.78. The van der Waals surface area contributed by atoms with E-state index in [1.807, 2.05) is 19.1 Å². The van der Waals surface area contributed by atoms with Gasteiger partial charge in [0.25, 0.3) is 10.0 Å². The molecule has 2 aromatic heterocycles. The number of nitrogens with zero attached hydrogens (tertiary/aromatic N) is 1. The van der Waals surface area contributed by atoms with Crippen LogP contribution in [-0.4, -0.2) is 66.2 Å². The number of thiophene rings is 2. The predicted molar refractivity (Wildman–Crippen MR) is 184 cm³/mol. The third-order valence-electron chi connectivity index (χ3n) is 13.9. The van der Waals surface area contributed by atoms with Crippen molar-refractivity contribution in [3.8, 4) is 0 Å². The smallest absolute Gasteiger partial charge is 0.252 e. The van der Waals surface area contributed by atoms with Crippen molar-refractivity contribution in [3.05, 3.63) is 63.2 Å². The minimum atomic E-state index is -3.85. The number of aliphatic hydroxyl groups is 2. The number of allylic oxidation sites excluding steroid dienone is 4. The van der Waals surface area contributed by atoms with Crippen LogP contribution in [0.2, 0.25) is 0 Å². The summed E-state index contributed by atoms with van der Waals surface area (Å²) in [5.41, 5.74) is -2.15. The Kier molecular flexibility index (Phi) is 7.56. The predicted octanol–water partition coefficient (Wildman–Crippen LogP) is 6.76. The first-order valence-corrected chi connectivity index (χ1v) is 20.5. The zero-order valence-corrected chi connectivity index (χ0v) is 30.1. The number of ketones is 1. The Morgan fingerprint density at radius 2 is 1.81 bits per heavy atom. The van der Waals surface area contributed by atoms with Gasteiger partial charge in [0.15, 0.2) is 5.78 Å². The van der Waals surface area contributed by atoms with Crippen LogP contribution in [-0.2, 0) is 14.8 Å². The maximum atomic E-state index is 14.7. The molecule has 2 N–H and O–H groups in total. The van der Waals surface area contributed by atoms with Crippen molar-refractivity contribution in [3.63, 3.8) is 0 Å². The molecule has 7 aliphatic rings. The molecule has 2 aromatic rings. The molecule has 0 aromatic carbocycles. The average molecular weight is 698 g/mol. The van der Waals surface area contributed by atoms with Crippen LogP contribution >= 0.6 is 22.7 Å². The van der Waals surface area contributed by atoms with Gasteiger partial charge in [-0.25, -0.2) is 8.42 Å². The standard InChI is InChI=1S/C37H47NO6S3/c1-24-8-9-28(46-24)32(40)27-21-35-16-17-37(27)29(33(35,2)13-10-25(39)20-35)11-14-34(3)30(37)12-15-36(34,41)23-38(22-26-6-4-18-44-26)47(42,43)31-7-5-19-45-31/h5,7-9,16-17,19,21,25-26,29-30,39,41H,4,6,10-15,18,20,22-23H2,1-3H3. The lowest BCUT2D eigenvalue weighted by Crippen LogP contribution is -2.67. The summed E-state index contributed by atoms with van der Waals surface area (Å²) in [6.07, 6.45) is 13.0. The molecule has 10 heteroatoms. The average Bonchev–Trinajstić information content (AvgIpc) is 3.85. The van der Waals surface area contributed by atoms with E-state index in [0.717, 1.165) is 53.9 Å². The Morgan fingerprint density at radius 3 is 2.51 bits per heavy atom. The number of fused-ring (bicyclic) bond motifs is 1. The van der Waals surface area contributed by atoms with Gasteiger partial charge < -0.3 is 14.9 Å². The zero-order valence-electron chi connectivity index (χ0n) is 27.6. The second-order valence-corrected chi connectivity index (χ2v) is 20.3. The number of hydrogen-bond donors (Lipinski definition) is 2. The topological polar surface area (TPSA) is 104 Å². The molecule has 3 heterocycles. The second-order valence-electron chi connectivity index (χ2n) is 15.9. The third-order valence-corrected chi connectivity index (χ3v) is 18.1. The summed E-state index contributed by atoms with van der Waals surface area (Å²) in [4.78, 5) is 16.5. The molecule has 1 aliphatic heterocycles. The third kappa shape index (κ3) is 4.47. The summed E-state index contributed by atoms with van der Waals surface area (Å²) in [6, 6.07) is 7.35. The van der Waals surface area contributed by atoms with Gasteiger partial charge in [0.05, 0.1) is 22.7 Å². The van der Waals surface area contributed by atoms with E-state index in [1.165, 1.54) is 27.0 Å². The Hall–Kier alpha value is -1.66. The van der Waals surface area contributed by atoms with Gasteiger partial charge in [-0.1, -0.05) is 38.1 Å². The number of carbonyl (C=O) groups excluding carboxylic acids is 1. The summed E-state index contributed by atoms with van der Waals surface area (Å²) < 4.78 is 36.0. The number of sulfonamides is 1. The monoisotopic (exact) mass is 697 g/mol. The first-order valence-electron chi connectivity index (χ1n) is 17.4. The molecule has 7 nitrogen and oxygen atoms in total. The van der Waals surface area contributed by atoms with E-state index in [9.17, 15) is 23.4 Å². The van der Waals surface area contributed by atoms with E-state index in [1.54, 1.807) is 17.5 Å². The summed E-state index contributed by atoms with van der Waals surface area (Å²) in [6.45, 7) is 7.44. The second kappa shape index (κ2) is 10.9. The Balaban J connectivity index is 1.22. The van der Waals surface area contributed by atoms with Crippen LogP contribution in [0.25, 0.3) is 0 Å². The van der Waals surface area contributed by atoms with Gasteiger partial charge in [-0.15, -0.1) is 22.7 Å². The molecule has 1 saturated heterocycles. The molecule has 6 aliphatic carbocycles. The fourth-order valence-electron chi connectivity index (χ4n) is 11.4. The highest BCUT2D eigenvalue weighted by molar-refractivity contribution is 7.91. The van der Waals surface area contributed by atoms with Crippen LogP contribution < -0.4 is 0 Å². The highest BCUT2D eigenvalue weighted by Gasteiger charge is 2.74. The van der Waals surface area contributed by atoms with Crippen LogP contribution in [0.4, 0.5) is 0 Å². The lowest BCUT2D eigenvalue weighted by molar-refractivity contribution is -0.174. The maximum absolute atomic E-state index is 14.7. The number of aliphatic hydroxyl groups excluding tert-OH is 1. The van der Waals surface area contributed by atoms with Crippen LogP contribution in [0.1, 0.15) is 86.2 Å². The van der Waals surface area contributed by atoms with Gasteiger partial charge in [-0.2, -0.15) is 4.31 Å². The Bertz CT molecular complexity index is 1740. The van der Waals surface area contributed by atoms with Gasteiger partial charge >= 0.3 is 0 Å². The first kappa shape index (κ1) is 32.5. The molecule has 0 amide bonds. The van der Waals surface area contributed by atoms with Crippen molar-refractivity contribution in [2.75, 3.05) is 19.7 Å². The molecule has 0 radical (unpaired) electrons. The van der Waals surface area contributed by atoms with Gasteiger partial charge in [0.2, 0.25) is 0 Å². The number of Topliss-reactive ketones (excluding diaryl/α,β-unsaturated/α-hetero) is 1. The molecule has 2 spiro atoms. The fourth-order valence-corrected chi connectivity index (χ4v) is 14.9. The number of rotatable bonds is 8. The lowest BCUT2D eigenvalue weighted by atomic mass is 9.32. The van der Waals surface area contributed by atoms with Crippen LogP contribution in [0.5, 0.6) is 0 Å². The molecule has 3 saturated carbocycles. The Labute approximate surface area is 286 Å². The largest absolute Gasteiger partial charge is 0.393 e. The van der Waals surface area contributed by atoms with Crippen LogP contribution in [0, 0.1) is 40.4 Å². The highest BCUT2D eigenvalue weighted by atomic mass is 32.2. The SMILES string of the molecule is Cc1ccc(C(=O)C2=CC34C=CC25C(CCC2(C)C5CCC2(O)CN(CC2CCCO2)S(=O)(=O)c2cccs2)C3(C)CCC(O)C4)s1. The summed E-state index contributed by atoms with van der Waals surface area (Å²) in [7, 11) is -3.85. The number of aryl methyl sites for hydroxylation is 1. The van der Waals surface area contributed by atoms with Crippen molar-refractivity contribution >= 4 is 38.5 Å². The molecule has 47 heavy (non-hydrogen) atoms. The van der Waals surface area contributed by atoms with Gasteiger partial charge in [-0.3, -0.25) is 4.79 Å². The fraction of sp³-hybridized carbons (Fsp3) is 0.649. The van der Waals surface area contributed by atoms with E-state index in [0.29, 0.717) is 25.9 Å². The van der Waals surface area contributed by atoms with E-state index < -0.39 is 32.6 Å². The van der Waals surface area contributed by atoms with Crippen molar-refractivity contribution in [1.29, 1.82) is 0 Å². The zero-order chi connectivity index (χ0) is 33.0. The van der Waals surface area contributed by atoms with Crippen molar-refractivity contribution in [2.45, 2.75) is 101 Å². The van der Waals surface area contributed by atoms with E-state index in [4.69, 9.17) is 4.74 Å². The molecule has 254 valence electrons. The van der Waals surface area contributed by atoms with Crippen LogP contribution in [0.15, 0.2) is 57.7 Å². The van der Waals surface area contributed by atoms with Gasteiger partial charge in [-0.05, 0) is 106 Å². The summed E-state index contributed by atoms with van der Waals surface area (Å²) >= 11 is 2.74.